The molecule has 1 heterocycles. The van der Waals surface area contributed by atoms with E-state index in [0.717, 1.165) is 24.2 Å². The van der Waals surface area contributed by atoms with E-state index in [4.69, 9.17) is 14.2 Å². The van der Waals surface area contributed by atoms with E-state index in [-0.39, 0.29) is 18.6 Å². The Morgan fingerprint density at radius 2 is 1.88 bits per heavy atom. The average molecular weight is 467 g/mol. The lowest BCUT2D eigenvalue weighted by Gasteiger charge is -2.33. The van der Waals surface area contributed by atoms with E-state index in [0.29, 0.717) is 45.7 Å². The number of nitrogens with zero attached hydrogens (tertiary/aromatic N) is 1. The molecular formula is C27H34N2O5. The molecule has 2 aliphatic rings. The molecule has 0 saturated carbocycles. The molecule has 4 rings (SSSR count). The van der Waals surface area contributed by atoms with Crippen LogP contribution >= 0.6 is 0 Å². The summed E-state index contributed by atoms with van der Waals surface area (Å²) in [5.41, 5.74) is 3.76. The first kappa shape index (κ1) is 24.1. The summed E-state index contributed by atoms with van der Waals surface area (Å²) in [7, 11) is 0. The second kappa shape index (κ2) is 12.4. The summed E-state index contributed by atoms with van der Waals surface area (Å²) in [5.74, 6) is 0.944. The van der Waals surface area contributed by atoms with Gasteiger partial charge in [-0.15, -0.1) is 0 Å². The first-order valence-electron chi connectivity index (χ1n) is 12.3. The number of amides is 2. The molecule has 1 aliphatic carbocycles. The molecule has 0 aromatic heterocycles. The fraction of sp³-hybridized carbons (Fsp3) is 0.481. The van der Waals surface area contributed by atoms with E-state index in [2.05, 4.69) is 17.4 Å². The molecule has 182 valence electrons. The van der Waals surface area contributed by atoms with Gasteiger partial charge in [0.25, 0.3) is 0 Å². The van der Waals surface area contributed by atoms with Gasteiger partial charge in [0, 0.05) is 19.5 Å². The van der Waals surface area contributed by atoms with Crippen LogP contribution in [0.25, 0.3) is 0 Å². The molecule has 0 unspecified atom stereocenters. The molecule has 2 aromatic carbocycles. The number of carbonyl (C=O) groups excluding carboxylic acids is 2. The fourth-order valence-electron chi connectivity index (χ4n) is 4.40. The van der Waals surface area contributed by atoms with Gasteiger partial charge >= 0.3 is 6.09 Å². The minimum atomic E-state index is -0.470. The van der Waals surface area contributed by atoms with Crippen LogP contribution in [0.1, 0.15) is 42.4 Å². The maximum Gasteiger partial charge on any atom is 0.407 e. The van der Waals surface area contributed by atoms with Crippen molar-refractivity contribution in [2.24, 2.45) is 0 Å². The zero-order valence-electron chi connectivity index (χ0n) is 19.7. The van der Waals surface area contributed by atoms with Crippen molar-refractivity contribution >= 4 is 12.0 Å². The Labute approximate surface area is 201 Å². The van der Waals surface area contributed by atoms with Gasteiger partial charge in [-0.05, 0) is 60.9 Å². The van der Waals surface area contributed by atoms with Gasteiger partial charge in [0.15, 0.2) is 0 Å². The molecule has 7 heteroatoms. The first-order valence-corrected chi connectivity index (χ1v) is 12.3. The monoisotopic (exact) mass is 466 g/mol. The fourth-order valence-corrected chi connectivity index (χ4v) is 4.40. The summed E-state index contributed by atoms with van der Waals surface area (Å²) in [6, 6.07) is 15.9. The predicted octanol–water partition coefficient (Wildman–Crippen LogP) is 3.88. The van der Waals surface area contributed by atoms with Gasteiger partial charge < -0.3 is 24.4 Å². The molecule has 2 amide bonds. The van der Waals surface area contributed by atoms with E-state index in [1.807, 2.05) is 41.3 Å². The van der Waals surface area contributed by atoms with Crippen LogP contribution in [-0.2, 0) is 33.7 Å². The van der Waals surface area contributed by atoms with Crippen LogP contribution in [0.15, 0.2) is 48.5 Å². The Morgan fingerprint density at radius 1 is 1.06 bits per heavy atom. The van der Waals surface area contributed by atoms with E-state index in [1.165, 1.54) is 24.0 Å². The van der Waals surface area contributed by atoms with Crippen LogP contribution in [0.3, 0.4) is 0 Å². The number of benzene rings is 2. The highest BCUT2D eigenvalue weighted by Gasteiger charge is 2.24. The zero-order chi connectivity index (χ0) is 23.6. The second-order valence-electron chi connectivity index (χ2n) is 8.87. The van der Waals surface area contributed by atoms with E-state index >= 15 is 0 Å². The van der Waals surface area contributed by atoms with Crippen molar-refractivity contribution in [3.63, 3.8) is 0 Å². The van der Waals surface area contributed by atoms with Crippen LogP contribution in [0.5, 0.6) is 5.75 Å². The van der Waals surface area contributed by atoms with Gasteiger partial charge in [0.1, 0.15) is 25.1 Å². The zero-order valence-corrected chi connectivity index (χ0v) is 19.7. The third kappa shape index (κ3) is 7.22. The molecule has 0 bridgehead atoms. The number of rotatable bonds is 9. The molecule has 34 heavy (non-hydrogen) atoms. The van der Waals surface area contributed by atoms with Crippen molar-refractivity contribution < 1.29 is 23.8 Å². The van der Waals surface area contributed by atoms with Crippen molar-refractivity contribution in [2.45, 2.75) is 51.2 Å². The Kier molecular flexibility index (Phi) is 8.79. The number of fused-ring (bicyclic) bond motifs is 1. The molecule has 1 saturated heterocycles. The van der Waals surface area contributed by atoms with Crippen LogP contribution in [0, 0.1) is 0 Å². The molecule has 1 fully saturated rings. The highest BCUT2D eigenvalue weighted by molar-refractivity contribution is 5.76. The highest BCUT2D eigenvalue weighted by atomic mass is 16.5. The van der Waals surface area contributed by atoms with Crippen molar-refractivity contribution in [1.29, 1.82) is 0 Å². The molecule has 0 spiro atoms. The summed E-state index contributed by atoms with van der Waals surface area (Å²) in [5, 5.41) is 2.70. The number of aryl methyl sites for hydroxylation is 2. The number of hydrogen-bond acceptors (Lipinski definition) is 5. The Morgan fingerprint density at radius 3 is 2.74 bits per heavy atom. The Hall–Kier alpha value is -3.06. The number of hydrogen-bond donors (Lipinski definition) is 1. The molecule has 7 nitrogen and oxygen atoms in total. The normalized spacial score (nSPS) is 17.5. The summed E-state index contributed by atoms with van der Waals surface area (Å²) in [4.78, 5) is 26.3. The van der Waals surface area contributed by atoms with Gasteiger partial charge in [0.05, 0.1) is 13.2 Å². The van der Waals surface area contributed by atoms with Gasteiger partial charge in [-0.25, -0.2) is 4.79 Å². The lowest BCUT2D eigenvalue weighted by molar-refractivity contribution is -0.140. The van der Waals surface area contributed by atoms with E-state index in [9.17, 15) is 9.59 Å². The van der Waals surface area contributed by atoms with Crippen LogP contribution in [0.2, 0.25) is 0 Å². The third-order valence-corrected chi connectivity index (χ3v) is 6.30. The van der Waals surface area contributed by atoms with Gasteiger partial charge in [-0.2, -0.15) is 0 Å². The summed E-state index contributed by atoms with van der Waals surface area (Å²) in [6.07, 6.45) is 5.11. The maximum atomic E-state index is 12.6. The quantitative estimate of drug-likeness (QED) is 0.568. The maximum absolute atomic E-state index is 12.6. The molecule has 0 radical (unpaired) electrons. The summed E-state index contributed by atoms with van der Waals surface area (Å²) in [6.45, 7) is 2.67. The molecule has 2 aromatic rings. The van der Waals surface area contributed by atoms with Crippen molar-refractivity contribution in [2.75, 3.05) is 32.8 Å². The molecular weight excluding hydrogens is 432 g/mol. The van der Waals surface area contributed by atoms with Crippen molar-refractivity contribution in [3.8, 4) is 5.75 Å². The smallest absolute Gasteiger partial charge is 0.407 e. The molecule has 1 N–H and O–H groups in total. The Bertz CT molecular complexity index is 949. The summed E-state index contributed by atoms with van der Waals surface area (Å²) < 4.78 is 17.0. The van der Waals surface area contributed by atoms with Crippen LogP contribution in [-0.4, -0.2) is 55.9 Å². The summed E-state index contributed by atoms with van der Waals surface area (Å²) >= 11 is 0. The highest BCUT2D eigenvalue weighted by Crippen LogP contribution is 2.25. The predicted molar refractivity (Wildman–Crippen MR) is 129 cm³/mol. The SMILES string of the molecule is O=C(NCCCC(=O)N1CCO[C@H](COc2ccc3c(c2)CCCC3)C1)OCc1ccccc1. The van der Waals surface area contributed by atoms with Gasteiger partial charge in [0.2, 0.25) is 5.91 Å². The minimum absolute atomic E-state index is 0.0709. The lowest BCUT2D eigenvalue weighted by atomic mass is 9.92. The van der Waals surface area contributed by atoms with Gasteiger partial charge in [-0.1, -0.05) is 36.4 Å². The van der Waals surface area contributed by atoms with E-state index in [1.54, 1.807) is 0 Å². The molecule has 1 aliphatic heterocycles. The number of alkyl carbamates (subject to hydrolysis) is 1. The number of nitrogens with one attached hydrogen (secondary N) is 1. The lowest BCUT2D eigenvalue weighted by Crippen LogP contribution is -2.47. The van der Waals surface area contributed by atoms with Gasteiger partial charge in [-0.3, -0.25) is 4.79 Å². The van der Waals surface area contributed by atoms with Crippen LogP contribution in [0.4, 0.5) is 4.79 Å². The van der Waals surface area contributed by atoms with Crippen molar-refractivity contribution in [1.82, 2.24) is 10.2 Å². The Balaban J connectivity index is 1.12. The molecule has 1 atom stereocenters. The average Bonchev–Trinajstić information content (AvgIpc) is 2.89. The third-order valence-electron chi connectivity index (χ3n) is 6.30. The minimum Gasteiger partial charge on any atom is -0.491 e. The number of morpholine rings is 1. The first-order chi connectivity index (χ1) is 16.7. The number of ether oxygens (including phenoxy) is 3. The van der Waals surface area contributed by atoms with E-state index < -0.39 is 6.09 Å². The second-order valence-corrected chi connectivity index (χ2v) is 8.87. The topological polar surface area (TPSA) is 77.1 Å². The van der Waals surface area contributed by atoms with Crippen molar-refractivity contribution in [3.05, 3.63) is 65.2 Å². The largest absolute Gasteiger partial charge is 0.491 e. The number of carbonyl (C=O) groups is 2. The standard InChI is InChI=1S/C27H34N2O5/c30-26(11-6-14-28-27(31)34-19-21-7-2-1-3-8-21)29-15-16-32-25(18-29)20-33-24-13-12-22-9-4-5-10-23(22)17-24/h1-3,7-8,12-13,17,25H,4-6,9-11,14-16,18-20H2,(H,28,31)/t25-/m0/s1. The van der Waals surface area contributed by atoms with Crippen LogP contribution < -0.4 is 10.1 Å².